The number of nitrogens with one attached hydrogen (secondary N) is 2. The van der Waals surface area contributed by atoms with E-state index in [1.165, 1.54) is 0 Å². The maximum absolute atomic E-state index is 11.4. The highest BCUT2D eigenvalue weighted by atomic mass is 16.1. The lowest BCUT2D eigenvalue weighted by molar-refractivity contribution is -0.124. The molecule has 0 bridgehead atoms. The van der Waals surface area contributed by atoms with E-state index in [4.69, 9.17) is 5.73 Å². The van der Waals surface area contributed by atoms with Crippen molar-refractivity contribution in [1.82, 2.24) is 15.3 Å². The molecule has 1 amide bonds. The summed E-state index contributed by atoms with van der Waals surface area (Å²) in [6.45, 7) is 2.90. The predicted molar refractivity (Wildman–Crippen MR) is 53.3 cm³/mol. The zero-order chi connectivity index (χ0) is 10.4. The first-order chi connectivity index (χ1) is 6.74. The van der Waals surface area contributed by atoms with E-state index in [0.29, 0.717) is 13.1 Å². The van der Waals surface area contributed by atoms with E-state index in [2.05, 4.69) is 15.3 Å². The molecule has 1 unspecified atom stereocenters. The minimum Gasteiger partial charge on any atom is -0.350 e. The van der Waals surface area contributed by atoms with Crippen LogP contribution in [0, 0.1) is 5.92 Å². The molecule has 14 heavy (non-hydrogen) atoms. The largest absolute Gasteiger partial charge is 0.350 e. The van der Waals surface area contributed by atoms with Crippen LogP contribution in [0.5, 0.6) is 0 Å². The second kappa shape index (κ2) is 5.39. The van der Waals surface area contributed by atoms with Crippen LogP contribution in [-0.2, 0) is 11.3 Å². The number of hydrogen-bond donors (Lipinski definition) is 3. The Labute approximate surface area is 83.1 Å². The lowest BCUT2D eigenvalue weighted by Gasteiger charge is -2.09. The summed E-state index contributed by atoms with van der Waals surface area (Å²) in [5.74, 6) is 0.00738. The van der Waals surface area contributed by atoms with Crippen LogP contribution in [0.2, 0.25) is 0 Å². The zero-order valence-electron chi connectivity index (χ0n) is 8.29. The number of aromatic nitrogens is 2. The topological polar surface area (TPSA) is 83.8 Å². The first-order valence-electron chi connectivity index (χ1n) is 4.69. The molecule has 0 aliphatic rings. The van der Waals surface area contributed by atoms with Crippen molar-refractivity contribution < 1.29 is 4.79 Å². The van der Waals surface area contributed by atoms with E-state index in [0.717, 1.165) is 12.1 Å². The maximum atomic E-state index is 11.4. The second-order valence-electron chi connectivity index (χ2n) is 3.27. The minimum atomic E-state index is -0.0251. The average molecular weight is 196 g/mol. The van der Waals surface area contributed by atoms with Crippen molar-refractivity contribution in [1.29, 1.82) is 0 Å². The van der Waals surface area contributed by atoms with Gasteiger partial charge in [0, 0.05) is 12.1 Å². The highest BCUT2D eigenvalue weighted by Crippen LogP contribution is 2.00. The Morgan fingerprint density at radius 1 is 1.79 bits per heavy atom. The summed E-state index contributed by atoms with van der Waals surface area (Å²) in [6.07, 6.45) is 3.99. The van der Waals surface area contributed by atoms with Gasteiger partial charge in [-0.1, -0.05) is 6.92 Å². The van der Waals surface area contributed by atoms with Crippen molar-refractivity contribution in [2.24, 2.45) is 11.7 Å². The van der Waals surface area contributed by atoms with Gasteiger partial charge in [0.25, 0.3) is 0 Å². The van der Waals surface area contributed by atoms with E-state index in [1.807, 2.05) is 6.92 Å². The van der Waals surface area contributed by atoms with Crippen LogP contribution in [0.15, 0.2) is 12.5 Å². The summed E-state index contributed by atoms with van der Waals surface area (Å²) in [4.78, 5) is 18.2. The summed E-state index contributed by atoms with van der Waals surface area (Å²) >= 11 is 0. The molecule has 0 radical (unpaired) electrons. The first-order valence-corrected chi connectivity index (χ1v) is 4.69. The lowest BCUT2D eigenvalue weighted by Crippen LogP contribution is -2.30. The van der Waals surface area contributed by atoms with Gasteiger partial charge in [-0.15, -0.1) is 0 Å². The molecule has 5 heteroatoms. The summed E-state index contributed by atoms with van der Waals surface area (Å²) in [5.41, 5.74) is 6.26. The van der Waals surface area contributed by atoms with Crippen molar-refractivity contribution >= 4 is 5.91 Å². The number of hydrogen-bond acceptors (Lipinski definition) is 3. The molecule has 0 saturated carbocycles. The Bertz CT molecular complexity index is 270. The van der Waals surface area contributed by atoms with Gasteiger partial charge in [0.2, 0.25) is 5.91 Å². The van der Waals surface area contributed by atoms with E-state index in [-0.39, 0.29) is 11.8 Å². The fourth-order valence-corrected chi connectivity index (χ4v) is 1.12. The monoisotopic (exact) mass is 196 g/mol. The van der Waals surface area contributed by atoms with Crippen molar-refractivity contribution in [3.8, 4) is 0 Å². The van der Waals surface area contributed by atoms with Gasteiger partial charge in [-0.2, -0.15) is 0 Å². The van der Waals surface area contributed by atoms with Gasteiger partial charge in [0.15, 0.2) is 0 Å². The smallest absolute Gasteiger partial charge is 0.223 e. The van der Waals surface area contributed by atoms with Gasteiger partial charge in [-0.25, -0.2) is 4.98 Å². The fraction of sp³-hybridized carbons (Fsp3) is 0.556. The van der Waals surface area contributed by atoms with Gasteiger partial charge < -0.3 is 16.0 Å². The molecule has 0 aliphatic heterocycles. The van der Waals surface area contributed by atoms with Crippen LogP contribution >= 0.6 is 0 Å². The SMILES string of the molecule is CC(CCN)C(=O)NCc1cnc[nH]1. The second-order valence-corrected chi connectivity index (χ2v) is 3.27. The van der Waals surface area contributed by atoms with Crippen LogP contribution in [0.1, 0.15) is 19.0 Å². The van der Waals surface area contributed by atoms with Gasteiger partial charge >= 0.3 is 0 Å². The number of rotatable bonds is 5. The summed E-state index contributed by atoms with van der Waals surface area (Å²) in [7, 11) is 0. The molecule has 1 rings (SSSR count). The van der Waals surface area contributed by atoms with E-state index in [9.17, 15) is 4.79 Å². The van der Waals surface area contributed by atoms with Gasteiger partial charge in [-0.3, -0.25) is 4.79 Å². The average Bonchev–Trinajstić information content (AvgIpc) is 2.67. The minimum absolute atomic E-state index is 0.0251. The van der Waals surface area contributed by atoms with Crippen molar-refractivity contribution in [3.63, 3.8) is 0 Å². The Morgan fingerprint density at radius 2 is 2.57 bits per heavy atom. The lowest BCUT2D eigenvalue weighted by atomic mass is 10.1. The van der Waals surface area contributed by atoms with Crippen molar-refractivity contribution in [2.45, 2.75) is 19.9 Å². The number of amides is 1. The zero-order valence-corrected chi connectivity index (χ0v) is 8.29. The van der Waals surface area contributed by atoms with Crippen molar-refractivity contribution in [2.75, 3.05) is 6.54 Å². The Kier molecular flexibility index (Phi) is 4.12. The molecule has 0 aromatic carbocycles. The molecule has 1 atom stereocenters. The highest BCUT2D eigenvalue weighted by Gasteiger charge is 2.10. The third-order valence-electron chi connectivity index (χ3n) is 2.06. The van der Waals surface area contributed by atoms with E-state index < -0.39 is 0 Å². The predicted octanol–water partition coefficient (Wildman–Crippen LogP) is 0.0108. The van der Waals surface area contributed by atoms with Crippen LogP contribution in [0.25, 0.3) is 0 Å². The van der Waals surface area contributed by atoms with Crippen LogP contribution in [-0.4, -0.2) is 22.4 Å². The molecular formula is C9H16N4O. The van der Waals surface area contributed by atoms with Crippen LogP contribution in [0.4, 0.5) is 0 Å². The van der Waals surface area contributed by atoms with Gasteiger partial charge in [0.1, 0.15) is 0 Å². The number of H-pyrrole nitrogens is 1. The number of aromatic amines is 1. The maximum Gasteiger partial charge on any atom is 0.223 e. The Morgan fingerprint density at radius 3 is 3.14 bits per heavy atom. The molecule has 0 fully saturated rings. The quantitative estimate of drug-likeness (QED) is 0.620. The number of nitrogens with two attached hydrogens (primary N) is 1. The molecular weight excluding hydrogens is 180 g/mol. The highest BCUT2D eigenvalue weighted by molar-refractivity contribution is 5.78. The molecule has 0 spiro atoms. The standard InChI is InChI=1S/C9H16N4O/c1-7(2-3-10)9(14)12-5-8-4-11-6-13-8/h4,6-7H,2-3,5,10H2,1H3,(H,11,13)(H,12,14). The molecule has 1 aromatic heterocycles. The first kappa shape index (κ1) is 10.7. The van der Waals surface area contributed by atoms with Crippen LogP contribution < -0.4 is 11.1 Å². The summed E-state index contributed by atoms with van der Waals surface area (Å²) in [5, 5.41) is 2.80. The molecule has 78 valence electrons. The van der Waals surface area contributed by atoms with Crippen LogP contribution in [0.3, 0.4) is 0 Å². The molecule has 0 aliphatic carbocycles. The molecule has 5 nitrogen and oxygen atoms in total. The number of imidazole rings is 1. The number of carbonyl (C=O) groups is 1. The Hall–Kier alpha value is -1.36. The van der Waals surface area contributed by atoms with E-state index >= 15 is 0 Å². The third kappa shape index (κ3) is 3.18. The fourth-order valence-electron chi connectivity index (χ4n) is 1.12. The molecule has 1 aromatic rings. The number of carbonyl (C=O) groups excluding carboxylic acids is 1. The molecule has 1 heterocycles. The summed E-state index contributed by atoms with van der Waals surface area (Å²) < 4.78 is 0. The normalized spacial score (nSPS) is 12.4. The molecule has 0 saturated heterocycles. The number of nitrogens with zero attached hydrogens (tertiary/aromatic N) is 1. The Balaban J connectivity index is 2.27. The third-order valence-corrected chi connectivity index (χ3v) is 2.06. The van der Waals surface area contributed by atoms with Gasteiger partial charge in [0.05, 0.1) is 18.6 Å². The van der Waals surface area contributed by atoms with E-state index in [1.54, 1.807) is 12.5 Å². The van der Waals surface area contributed by atoms with Crippen molar-refractivity contribution in [3.05, 3.63) is 18.2 Å². The molecule has 4 N–H and O–H groups in total. The summed E-state index contributed by atoms with van der Waals surface area (Å²) in [6, 6.07) is 0. The van der Waals surface area contributed by atoms with Gasteiger partial charge in [-0.05, 0) is 13.0 Å².